The normalized spacial score (nSPS) is 13.4. The van der Waals surface area contributed by atoms with Crippen molar-refractivity contribution in [3.8, 4) is 11.3 Å². The van der Waals surface area contributed by atoms with Gasteiger partial charge in [0.25, 0.3) is 0 Å². The second kappa shape index (κ2) is 5.56. The van der Waals surface area contributed by atoms with Crippen LogP contribution in [-0.4, -0.2) is 18.2 Å². The Morgan fingerprint density at radius 2 is 2.09 bits per heavy atom. The molecule has 0 amide bonds. The Balaban J connectivity index is 1.80. The Hall–Kier alpha value is -1.58. The van der Waals surface area contributed by atoms with Gasteiger partial charge in [-0.3, -0.25) is 0 Å². The predicted octanol–water partition coefficient (Wildman–Crippen LogP) is 4.16. The minimum absolute atomic E-state index is 1.10. The number of nitrogens with one attached hydrogen (secondary N) is 1. The van der Waals surface area contributed by atoms with E-state index in [1.54, 1.807) is 15.3 Å². The largest absolute Gasteiger partial charge is 0.343 e. The molecule has 2 heterocycles. The molecule has 0 spiro atoms. The first-order chi connectivity index (χ1) is 10.8. The zero-order valence-corrected chi connectivity index (χ0v) is 14.1. The average Bonchev–Trinajstić information content (AvgIpc) is 3.07. The quantitative estimate of drug-likeness (QED) is 0.716. The Morgan fingerprint density at radius 3 is 2.95 bits per heavy atom. The van der Waals surface area contributed by atoms with Crippen LogP contribution < -0.4 is 5.32 Å². The average molecular weight is 310 g/mol. The van der Waals surface area contributed by atoms with Gasteiger partial charge in [-0.15, -0.1) is 11.3 Å². The van der Waals surface area contributed by atoms with Crippen LogP contribution in [-0.2, 0) is 26.3 Å². The lowest BCUT2D eigenvalue weighted by molar-refractivity contribution is 0.729. The Morgan fingerprint density at radius 1 is 1.23 bits per heavy atom. The highest BCUT2D eigenvalue weighted by Crippen LogP contribution is 2.43. The zero-order chi connectivity index (χ0) is 15.1. The van der Waals surface area contributed by atoms with Gasteiger partial charge in [0.2, 0.25) is 0 Å². The van der Waals surface area contributed by atoms with E-state index in [2.05, 4.69) is 47.3 Å². The lowest BCUT2D eigenvalue weighted by atomic mass is 9.94. The summed E-state index contributed by atoms with van der Waals surface area (Å²) in [7, 11) is 4.25. The molecule has 0 saturated carbocycles. The number of para-hydroxylation sites is 1. The van der Waals surface area contributed by atoms with Crippen LogP contribution in [0.1, 0.15) is 21.7 Å². The van der Waals surface area contributed by atoms with E-state index in [4.69, 9.17) is 0 Å². The third-order valence-electron chi connectivity index (χ3n) is 4.78. The van der Waals surface area contributed by atoms with Crippen molar-refractivity contribution < 1.29 is 0 Å². The highest BCUT2D eigenvalue weighted by atomic mass is 32.1. The molecular formula is C19H22N2S. The molecule has 22 heavy (non-hydrogen) atoms. The molecule has 0 radical (unpaired) electrons. The summed E-state index contributed by atoms with van der Waals surface area (Å²) < 4.78 is 2.40. The topological polar surface area (TPSA) is 17.0 Å². The number of fused-ring (bicyclic) bond motifs is 5. The van der Waals surface area contributed by atoms with Gasteiger partial charge in [-0.05, 0) is 57.0 Å². The van der Waals surface area contributed by atoms with Crippen LogP contribution in [0.4, 0.5) is 0 Å². The number of hydrogen-bond donors (Lipinski definition) is 1. The molecule has 0 unspecified atom stereocenters. The SMILES string of the molecule is CNCCCc1cc2c(s1)CCc1c-2n(C)c2ccccc12. The first-order valence-corrected chi connectivity index (χ1v) is 8.94. The molecular weight excluding hydrogens is 288 g/mol. The molecule has 0 saturated heterocycles. The van der Waals surface area contributed by atoms with E-state index in [9.17, 15) is 0 Å². The molecule has 2 aromatic heterocycles. The third kappa shape index (κ3) is 2.11. The second-order valence-corrected chi connectivity index (χ2v) is 7.38. The minimum atomic E-state index is 1.10. The van der Waals surface area contributed by atoms with E-state index in [1.165, 1.54) is 47.8 Å². The van der Waals surface area contributed by atoms with Crippen molar-refractivity contribution >= 4 is 22.2 Å². The van der Waals surface area contributed by atoms with Gasteiger partial charge in [0.15, 0.2) is 0 Å². The van der Waals surface area contributed by atoms with Gasteiger partial charge in [-0.2, -0.15) is 0 Å². The van der Waals surface area contributed by atoms with Gasteiger partial charge < -0.3 is 9.88 Å². The third-order valence-corrected chi connectivity index (χ3v) is 6.03. The number of rotatable bonds is 4. The molecule has 4 rings (SSSR count). The number of nitrogens with zero attached hydrogens (tertiary/aromatic N) is 1. The van der Waals surface area contributed by atoms with E-state index in [0.29, 0.717) is 0 Å². The molecule has 0 atom stereocenters. The van der Waals surface area contributed by atoms with Crippen LogP contribution in [0.15, 0.2) is 30.3 Å². The fourth-order valence-corrected chi connectivity index (χ4v) is 4.95. The van der Waals surface area contributed by atoms with Crippen molar-refractivity contribution in [2.75, 3.05) is 13.6 Å². The molecule has 0 aliphatic heterocycles. The molecule has 3 aromatic rings. The monoisotopic (exact) mass is 310 g/mol. The van der Waals surface area contributed by atoms with E-state index in [1.807, 2.05) is 18.4 Å². The fourth-order valence-electron chi connectivity index (χ4n) is 3.74. The van der Waals surface area contributed by atoms with Crippen LogP contribution >= 0.6 is 11.3 Å². The van der Waals surface area contributed by atoms with Gasteiger partial charge >= 0.3 is 0 Å². The zero-order valence-electron chi connectivity index (χ0n) is 13.3. The molecule has 1 aromatic carbocycles. The summed E-state index contributed by atoms with van der Waals surface area (Å²) in [4.78, 5) is 3.12. The van der Waals surface area contributed by atoms with Crippen LogP contribution in [0.25, 0.3) is 22.2 Å². The summed E-state index contributed by atoms with van der Waals surface area (Å²) in [5.41, 5.74) is 5.86. The number of aromatic nitrogens is 1. The van der Waals surface area contributed by atoms with E-state index in [0.717, 1.165) is 6.54 Å². The molecule has 114 valence electrons. The lowest BCUT2D eigenvalue weighted by Crippen LogP contribution is -2.07. The summed E-state index contributed by atoms with van der Waals surface area (Å²) in [6.45, 7) is 1.10. The first-order valence-electron chi connectivity index (χ1n) is 8.12. The maximum Gasteiger partial charge on any atom is 0.0532 e. The molecule has 1 aliphatic rings. The Labute approximate surface area is 135 Å². The van der Waals surface area contributed by atoms with Crippen LogP contribution in [0.5, 0.6) is 0 Å². The second-order valence-electron chi connectivity index (χ2n) is 6.16. The highest BCUT2D eigenvalue weighted by molar-refractivity contribution is 7.12. The highest BCUT2D eigenvalue weighted by Gasteiger charge is 2.24. The molecule has 1 N–H and O–H groups in total. The first kappa shape index (κ1) is 14.0. The molecule has 2 nitrogen and oxygen atoms in total. The molecule has 1 aliphatic carbocycles. The summed E-state index contributed by atoms with van der Waals surface area (Å²) >= 11 is 2.03. The maximum absolute atomic E-state index is 3.24. The Bertz CT molecular complexity index is 825. The van der Waals surface area contributed by atoms with Gasteiger partial charge in [-0.1, -0.05) is 18.2 Å². The lowest BCUT2D eigenvalue weighted by Gasteiger charge is -2.14. The summed E-state index contributed by atoms with van der Waals surface area (Å²) in [6, 6.07) is 11.3. The standard InChI is InChI=1S/C19H22N2S/c1-20-11-5-6-13-12-16-18(22-13)10-9-15-14-7-3-4-8-17(14)21(2)19(15)16/h3-4,7-8,12,20H,5-6,9-11H2,1-2H3. The van der Waals surface area contributed by atoms with Gasteiger partial charge in [-0.25, -0.2) is 0 Å². The molecule has 3 heteroatoms. The predicted molar refractivity (Wildman–Crippen MR) is 95.9 cm³/mol. The van der Waals surface area contributed by atoms with Gasteiger partial charge in [0, 0.05) is 33.3 Å². The number of hydrogen-bond acceptors (Lipinski definition) is 2. The summed E-state index contributed by atoms with van der Waals surface area (Å²) in [6.07, 6.45) is 4.79. The number of thiophene rings is 1. The van der Waals surface area contributed by atoms with Gasteiger partial charge in [0.1, 0.15) is 0 Å². The fraction of sp³-hybridized carbons (Fsp3) is 0.368. The smallest absolute Gasteiger partial charge is 0.0532 e. The van der Waals surface area contributed by atoms with E-state index < -0.39 is 0 Å². The molecule has 0 bridgehead atoms. The van der Waals surface area contributed by atoms with Gasteiger partial charge in [0.05, 0.1) is 5.69 Å². The van der Waals surface area contributed by atoms with Crippen molar-refractivity contribution in [3.05, 3.63) is 45.6 Å². The minimum Gasteiger partial charge on any atom is -0.343 e. The van der Waals surface area contributed by atoms with Crippen molar-refractivity contribution in [3.63, 3.8) is 0 Å². The summed E-state index contributed by atoms with van der Waals surface area (Å²) in [5.74, 6) is 0. The van der Waals surface area contributed by atoms with Crippen LogP contribution in [0, 0.1) is 0 Å². The summed E-state index contributed by atoms with van der Waals surface area (Å²) in [5, 5.41) is 4.68. The van der Waals surface area contributed by atoms with Crippen LogP contribution in [0.3, 0.4) is 0 Å². The number of benzene rings is 1. The number of aryl methyl sites for hydroxylation is 4. The van der Waals surface area contributed by atoms with E-state index in [-0.39, 0.29) is 0 Å². The van der Waals surface area contributed by atoms with Crippen molar-refractivity contribution in [2.24, 2.45) is 7.05 Å². The van der Waals surface area contributed by atoms with E-state index >= 15 is 0 Å². The molecule has 0 fully saturated rings. The maximum atomic E-state index is 3.24. The van der Waals surface area contributed by atoms with Crippen molar-refractivity contribution in [1.29, 1.82) is 0 Å². The van der Waals surface area contributed by atoms with Crippen molar-refractivity contribution in [1.82, 2.24) is 9.88 Å². The van der Waals surface area contributed by atoms with Crippen molar-refractivity contribution in [2.45, 2.75) is 25.7 Å². The van der Waals surface area contributed by atoms with Crippen LogP contribution in [0.2, 0.25) is 0 Å². The Kier molecular flexibility index (Phi) is 3.55.